The Bertz CT molecular complexity index is 89.0. The zero-order valence-electron chi connectivity index (χ0n) is 5.09. The van der Waals surface area contributed by atoms with Gasteiger partial charge >= 0.3 is 65.1 Å². The molecule has 0 saturated carbocycles. The van der Waals surface area contributed by atoms with Gasteiger partial charge in [0.1, 0.15) is 0 Å². The molecule has 9 heavy (non-hydrogen) atoms. The molecule has 4 heteroatoms. The molecular weight excluding hydrogens is 528 g/mol. The third-order valence-electron chi connectivity index (χ3n) is 1.04. The summed E-state index contributed by atoms with van der Waals surface area (Å²) in [5.41, 5.74) is 0. The van der Waals surface area contributed by atoms with Crippen LogP contribution in [0.2, 0.25) is 0 Å². The molecule has 1 heterocycles. The van der Waals surface area contributed by atoms with Crippen molar-refractivity contribution in [2.75, 3.05) is 5.75 Å². The first kappa shape index (κ1) is 10.9. The van der Waals surface area contributed by atoms with E-state index in [1.807, 2.05) is 0 Å². The molecule has 0 N–H and O–H groups in total. The molecule has 0 aromatic heterocycles. The molecule has 1 fully saturated rings. The van der Waals surface area contributed by atoms with Crippen molar-refractivity contribution in [2.24, 2.45) is 0 Å². The Morgan fingerprint density at radius 3 is 3.00 bits per heavy atom. The summed E-state index contributed by atoms with van der Waals surface area (Å²) in [6.45, 7) is 0. The monoisotopic (exact) mass is 536 g/mol. The Morgan fingerprint density at radius 1 is 1.44 bits per heavy atom. The third kappa shape index (κ3) is 5.22. The van der Waals surface area contributed by atoms with E-state index in [2.05, 4.69) is 4.72 Å². The Morgan fingerprint density at radius 2 is 2.22 bits per heavy atom. The van der Waals surface area contributed by atoms with Crippen LogP contribution in [0.3, 0.4) is 0 Å². The molecule has 0 spiro atoms. The van der Waals surface area contributed by atoms with E-state index >= 15 is 0 Å². The van der Waals surface area contributed by atoms with Gasteiger partial charge in [-0.15, -0.1) is 0 Å². The summed E-state index contributed by atoms with van der Waals surface area (Å²) in [7, 11) is 0. The second-order valence-corrected chi connectivity index (χ2v) is 4.32. The summed E-state index contributed by atoms with van der Waals surface area (Å²) in [6, 6.07) is 0. The van der Waals surface area contributed by atoms with Gasteiger partial charge in [-0.2, -0.15) is 0 Å². The summed E-state index contributed by atoms with van der Waals surface area (Å²) < 4.78 is 5.69. The fourth-order valence-electron chi connectivity index (χ4n) is 0.606. The number of hydrogen-bond donors (Lipinski definition) is 0. The molecule has 0 aromatic rings. The SMILES string of the molecule is [U].[W]=[C]1CCCCS[N-]1. The first-order valence-electron chi connectivity index (χ1n) is 2.75. The number of hydrogen-bond acceptors (Lipinski definition) is 1. The molecule has 1 nitrogen and oxygen atoms in total. The predicted molar refractivity (Wildman–Crippen MR) is 34.7 cm³/mol. The van der Waals surface area contributed by atoms with Crippen molar-refractivity contribution in [3.05, 3.63) is 4.72 Å². The fraction of sp³-hybridized carbons (Fsp3) is 0.800. The van der Waals surface area contributed by atoms with E-state index in [4.69, 9.17) is 0 Å². The number of rotatable bonds is 0. The molecule has 1 aliphatic rings. The van der Waals surface area contributed by atoms with E-state index in [1.54, 1.807) is 31.3 Å². The first-order chi connectivity index (χ1) is 3.89. The minimum atomic E-state index is 0. The van der Waals surface area contributed by atoms with E-state index in [1.165, 1.54) is 29.0 Å². The Balaban J connectivity index is 0.000000640. The van der Waals surface area contributed by atoms with Gasteiger partial charge in [0, 0.05) is 31.1 Å². The molecule has 1 saturated heterocycles. The van der Waals surface area contributed by atoms with Crippen molar-refractivity contribution in [3.63, 3.8) is 0 Å². The molecule has 0 unspecified atom stereocenters. The van der Waals surface area contributed by atoms with Gasteiger partial charge in [-0.3, -0.25) is 0 Å². The molecule has 0 aromatic carbocycles. The van der Waals surface area contributed by atoms with E-state index in [0.717, 1.165) is 0 Å². The van der Waals surface area contributed by atoms with Crippen LogP contribution in [0.15, 0.2) is 0 Å². The predicted octanol–water partition coefficient (Wildman–Crippen LogP) is 1.87. The van der Waals surface area contributed by atoms with Gasteiger partial charge in [0.15, 0.2) is 0 Å². The van der Waals surface area contributed by atoms with Crippen LogP contribution in [0, 0.1) is 31.1 Å². The maximum atomic E-state index is 4.29. The summed E-state index contributed by atoms with van der Waals surface area (Å²) >= 11 is 3.28. The van der Waals surface area contributed by atoms with E-state index < -0.39 is 0 Å². The van der Waals surface area contributed by atoms with Crippen molar-refractivity contribution < 1.29 is 50.5 Å². The van der Waals surface area contributed by atoms with E-state index in [9.17, 15) is 0 Å². The van der Waals surface area contributed by atoms with Crippen molar-refractivity contribution >= 4 is 16.0 Å². The molecule has 0 amide bonds. The van der Waals surface area contributed by atoms with Gasteiger partial charge in [0.25, 0.3) is 0 Å². The second-order valence-electron chi connectivity index (χ2n) is 1.78. The Hall–Kier alpha value is 1.92. The van der Waals surface area contributed by atoms with Crippen molar-refractivity contribution in [1.82, 2.24) is 0 Å². The van der Waals surface area contributed by atoms with Crippen LogP contribution in [0.1, 0.15) is 19.3 Å². The number of nitrogens with zero attached hydrogens (tertiary/aromatic N) is 1. The standard InChI is InChI=1S/C5H8NS.U.W/c1-2-4-6-7-5-3-1;;/h1-3,5H2;;/q-1;;. The molecule has 1 aliphatic heterocycles. The average molecular weight is 536 g/mol. The van der Waals surface area contributed by atoms with Crippen LogP contribution in [0.4, 0.5) is 0 Å². The van der Waals surface area contributed by atoms with Gasteiger partial charge in [-0.05, 0) is 0 Å². The van der Waals surface area contributed by atoms with Gasteiger partial charge in [0.2, 0.25) is 0 Å². The molecule has 0 aliphatic carbocycles. The van der Waals surface area contributed by atoms with Gasteiger partial charge in [-0.1, -0.05) is 0 Å². The molecular formula is C5H8NSUW-. The van der Waals surface area contributed by atoms with Gasteiger partial charge < -0.3 is 0 Å². The van der Waals surface area contributed by atoms with Crippen LogP contribution in [-0.2, 0) is 19.4 Å². The zero-order valence-corrected chi connectivity index (χ0v) is 13.0. The summed E-state index contributed by atoms with van der Waals surface area (Å²) in [5, 5.41) is 0. The van der Waals surface area contributed by atoms with Crippen LogP contribution >= 0.6 is 11.9 Å². The zero-order chi connectivity index (χ0) is 5.82. The minimum absolute atomic E-state index is 0. The van der Waals surface area contributed by atoms with E-state index in [-0.39, 0.29) is 31.1 Å². The van der Waals surface area contributed by atoms with Crippen LogP contribution in [0.5, 0.6) is 0 Å². The summed E-state index contributed by atoms with van der Waals surface area (Å²) in [5.74, 6) is 1.23. The quantitative estimate of drug-likeness (QED) is 0.432. The normalized spacial score (nSPS) is 20.2. The third-order valence-corrected chi connectivity index (χ3v) is 3.38. The molecule has 1 rings (SSSR count). The van der Waals surface area contributed by atoms with Crippen molar-refractivity contribution in [2.45, 2.75) is 19.3 Å². The Kier molecular flexibility index (Phi) is 8.03. The topological polar surface area (TPSA) is 14.1 Å². The molecule has 0 atom stereocenters. The average Bonchev–Trinajstić information content (AvgIpc) is 1.94. The van der Waals surface area contributed by atoms with Crippen LogP contribution in [0.25, 0.3) is 4.72 Å². The second kappa shape index (κ2) is 6.62. The van der Waals surface area contributed by atoms with E-state index in [0.29, 0.717) is 0 Å². The van der Waals surface area contributed by atoms with Crippen molar-refractivity contribution in [1.29, 1.82) is 0 Å². The maximum absolute atomic E-state index is 4.29. The molecule has 0 radical (unpaired) electrons. The summed E-state index contributed by atoms with van der Waals surface area (Å²) in [6.07, 6.45) is 3.96. The van der Waals surface area contributed by atoms with Crippen molar-refractivity contribution in [3.8, 4) is 0 Å². The van der Waals surface area contributed by atoms with Gasteiger partial charge in [-0.25, -0.2) is 0 Å². The molecule has 0 bridgehead atoms. The first-order valence-corrected chi connectivity index (χ1v) is 5.16. The summed E-state index contributed by atoms with van der Waals surface area (Å²) in [4.78, 5) is 0. The van der Waals surface area contributed by atoms with Gasteiger partial charge in [0.05, 0.1) is 0 Å². The Labute approximate surface area is 95.0 Å². The van der Waals surface area contributed by atoms with Crippen LogP contribution < -0.4 is 0 Å². The molecule has 50 valence electrons. The van der Waals surface area contributed by atoms with Crippen LogP contribution in [-0.4, -0.2) is 9.77 Å². The fourth-order valence-corrected chi connectivity index (χ4v) is 2.35.